The maximum absolute atomic E-state index is 12.6. The second-order valence-corrected chi connectivity index (χ2v) is 6.94. The molecule has 0 aromatic carbocycles. The van der Waals surface area contributed by atoms with E-state index in [-0.39, 0.29) is 12.1 Å². The molecule has 2 aromatic rings. The molecule has 1 atom stereocenters. The van der Waals surface area contributed by atoms with Crippen LogP contribution in [0.1, 0.15) is 44.0 Å². The highest BCUT2D eigenvalue weighted by atomic mass is 16.5. The first-order valence-electron chi connectivity index (χ1n) is 9.25. The van der Waals surface area contributed by atoms with E-state index in [0.717, 1.165) is 56.4 Å². The molecule has 2 amide bonds. The molecule has 7 nitrogen and oxygen atoms in total. The number of hydrogen-bond acceptors (Lipinski definition) is 4. The van der Waals surface area contributed by atoms with Gasteiger partial charge < -0.3 is 15.0 Å². The van der Waals surface area contributed by atoms with Crippen molar-refractivity contribution in [3.05, 3.63) is 30.2 Å². The highest BCUT2D eigenvalue weighted by Crippen LogP contribution is 2.31. The molecule has 7 heteroatoms. The van der Waals surface area contributed by atoms with E-state index in [4.69, 9.17) is 4.74 Å². The summed E-state index contributed by atoms with van der Waals surface area (Å²) in [5.74, 6) is 1.63. The molecular weight excluding hydrogens is 318 g/mol. The SMILES string of the molecule is O=C(NCCCOCC1CC1)N1CCC[C@@H]1c1nnc2ccccn12. The molecule has 0 radical (unpaired) electrons. The first-order valence-corrected chi connectivity index (χ1v) is 9.25. The van der Waals surface area contributed by atoms with Gasteiger partial charge in [-0.15, -0.1) is 10.2 Å². The van der Waals surface area contributed by atoms with Gasteiger partial charge in [0.2, 0.25) is 0 Å². The van der Waals surface area contributed by atoms with Gasteiger partial charge in [-0.25, -0.2) is 4.79 Å². The van der Waals surface area contributed by atoms with Crippen LogP contribution in [0.3, 0.4) is 0 Å². The minimum Gasteiger partial charge on any atom is -0.381 e. The first kappa shape index (κ1) is 16.3. The smallest absolute Gasteiger partial charge is 0.318 e. The number of urea groups is 1. The molecule has 1 saturated carbocycles. The third-order valence-electron chi connectivity index (χ3n) is 4.94. The van der Waals surface area contributed by atoms with Crippen LogP contribution in [-0.2, 0) is 4.74 Å². The van der Waals surface area contributed by atoms with Crippen LogP contribution in [0.15, 0.2) is 24.4 Å². The normalized spacial score (nSPS) is 20.3. The summed E-state index contributed by atoms with van der Waals surface area (Å²) < 4.78 is 7.58. The molecule has 1 aliphatic carbocycles. The van der Waals surface area contributed by atoms with Crippen LogP contribution in [0.5, 0.6) is 0 Å². The summed E-state index contributed by atoms with van der Waals surface area (Å²) >= 11 is 0. The lowest BCUT2D eigenvalue weighted by molar-refractivity contribution is 0.121. The van der Waals surface area contributed by atoms with Gasteiger partial charge in [0.1, 0.15) is 0 Å². The Labute approximate surface area is 147 Å². The van der Waals surface area contributed by atoms with Crippen LogP contribution < -0.4 is 5.32 Å². The number of carbonyl (C=O) groups is 1. The molecule has 2 aromatic heterocycles. The predicted molar refractivity (Wildman–Crippen MR) is 93.2 cm³/mol. The summed E-state index contributed by atoms with van der Waals surface area (Å²) in [5.41, 5.74) is 0.817. The average molecular weight is 343 g/mol. The predicted octanol–water partition coefficient (Wildman–Crippen LogP) is 2.39. The Balaban J connectivity index is 1.30. The molecule has 0 bridgehead atoms. The highest BCUT2D eigenvalue weighted by Gasteiger charge is 2.33. The van der Waals surface area contributed by atoms with Gasteiger partial charge in [0.25, 0.3) is 0 Å². The lowest BCUT2D eigenvalue weighted by Crippen LogP contribution is -2.40. The molecule has 0 spiro atoms. The fraction of sp³-hybridized carbons (Fsp3) is 0.611. The fourth-order valence-corrected chi connectivity index (χ4v) is 3.37. The summed E-state index contributed by atoms with van der Waals surface area (Å²) in [6, 6.07) is 5.80. The molecule has 25 heavy (non-hydrogen) atoms. The van der Waals surface area contributed by atoms with Crippen molar-refractivity contribution < 1.29 is 9.53 Å². The van der Waals surface area contributed by atoms with Crippen LogP contribution in [0.2, 0.25) is 0 Å². The van der Waals surface area contributed by atoms with E-state index in [0.29, 0.717) is 6.54 Å². The maximum Gasteiger partial charge on any atom is 0.318 e. The molecule has 4 rings (SSSR count). The van der Waals surface area contributed by atoms with Crippen molar-refractivity contribution >= 4 is 11.7 Å². The first-order chi connectivity index (χ1) is 12.3. The number of amides is 2. The fourth-order valence-electron chi connectivity index (χ4n) is 3.37. The zero-order valence-electron chi connectivity index (χ0n) is 14.4. The lowest BCUT2D eigenvalue weighted by atomic mass is 10.2. The number of carbonyl (C=O) groups excluding carboxylic acids is 1. The molecule has 134 valence electrons. The third-order valence-corrected chi connectivity index (χ3v) is 4.94. The molecule has 1 N–H and O–H groups in total. The Morgan fingerprint density at radius 1 is 1.28 bits per heavy atom. The topological polar surface area (TPSA) is 71.8 Å². The van der Waals surface area contributed by atoms with Crippen LogP contribution in [0.25, 0.3) is 5.65 Å². The van der Waals surface area contributed by atoms with Crippen molar-refractivity contribution in [1.82, 2.24) is 24.8 Å². The molecule has 3 heterocycles. The van der Waals surface area contributed by atoms with Crippen molar-refractivity contribution in [2.24, 2.45) is 5.92 Å². The molecular formula is C18H25N5O2. The van der Waals surface area contributed by atoms with Crippen molar-refractivity contribution in [2.75, 3.05) is 26.3 Å². The molecule has 2 aliphatic rings. The van der Waals surface area contributed by atoms with E-state index in [1.807, 2.05) is 33.7 Å². The number of aromatic nitrogens is 3. The number of hydrogen-bond donors (Lipinski definition) is 1. The van der Waals surface area contributed by atoms with E-state index in [1.165, 1.54) is 12.8 Å². The van der Waals surface area contributed by atoms with Crippen molar-refractivity contribution in [3.8, 4) is 0 Å². The minimum atomic E-state index is -0.0163. The molecule has 0 unspecified atom stereocenters. The van der Waals surface area contributed by atoms with Gasteiger partial charge in [0.05, 0.1) is 6.04 Å². The number of nitrogens with one attached hydrogen (secondary N) is 1. The van der Waals surface area contributed by atoms with Crippen molar-refractivity contribution in [3.63, 3.8) is 0 Å². The van der Waals surface area contributed by atoms with E-state index in [9.17, 15) is 4.79 Å². The minimum absolute atomic E-state index is 0.0106. The van der Waals surface area contributed by atoms with Gasteiger partial charge in [-0.1, -0.05) is 6.07 Å². The largest absolute Gasteiger partial charge is 0.381 e. The Hall–Kier alpha value is -2.15. The number of fused-ring (bicyclic) bond motifs is 1. The van der Waals surface area contributed by atoms with Crippen LogP contribution in [0.4, 0.5) is 4.79 Å². The zero-order valence-corrected chi connectivity index (χ0v) is 14.4. The summed E-state index contributed by atoms with van der Waals surface area (Å²) in [6.45, 7) is 3.00. The monoisotopic (exact) mass is 343 g/mol. The Morgan fingerprint density at radius 3 is 3.08 bits per heavy atom. The number of nitrogens with zero attached hydrogens (tertiary/aromatic N) is 4. The van der Waals surface area contributed by atoms with Crippen molar-refractivity contribution in [1.29, 1.82) is 0 Å². The van der Waals surface area contributed by atoms with E-state index in [1.54, 1.807) is 0 Å². The second-order valence-electron chi connectivity index (χ2n) is 6.94. The highest BCUT2D eigenvalue weighted by molar-refractivity contribution is 5.75. The third kappa shape index (κ3) is 3.76. The Morgan fingerprint density at radius 2 is 2.20 bits per heavy atom. The lowest BCUT2D eigenvalue weighted by Gasteiger charge is -2.23. The van der Waals surface area contributed by atoms with Gasteiger partial charge >= 0.3 is 6.03 Å². The molecule has 1 aliphatic heterocycles. The van der Waals surface area contributed by atoms with Crippen molar-refractivity contribution in [2.45, 2.75) is 38.1 Å². The number of likely N-dealkylation sites (tertiary alicyclic amines) is 1. The van der Waals surface area contributed by atoms with E-state index >= 15 is 0 Å². The molecule has 1 saturated heterocycles. The Bertz CT molecular complexity index is 727. The van der Waals surface area contributed by atoms with Crippen LogP contribution >= 0.6 is 0 Å². The van der Waals surface area contributed by atoms with Crippen LogP contribution in [-0.4, -0.2) is 51.8 Å². The van der Waals surface area contributed by atoms with Gasteiger partial charge in [0.15, 0.2) is 11.5 Å². The molecule has 2 fully saturated rings. The van der Waals surface area contributed by atoms with Gasteiger partial charge in [-0.3, -0.25) is 4.40 Å². The van der Waals surface area contributed by atoms with Gasteiger partial charge in [0, 0.05) is 32.5 Å². The number of pyridine rings is 1. The Kier molecular flexibility index (Phi) is 4.83. The summed E-state index contributed by atoms with van der Waals surface area (Å²) in [5, 5.41) is 11.6. The maximum atomic E-state index is 12.6. The van der Waals surface area contributed by atoms with Gasteiger partial charge in [-0.05, 0) is 50.2 Å². The van der Waals surface area contributed by atoms with E-state index in [2.05, 4.69) is 15.5 Å². The summed E-state index contributed by atoms with van der Waals surface area (Å²) in [4.78, 5) is 14.4. The average Bonchev–Trinajstić information content (AvgIpc) is 3.16. The standard InChI is InChI=1S/C18H25N5O2/c24-18(19-9-4-12-25-13-14-7-8-14)22-11-3-5-15(22)17-21-20-16-6-1-2-10-23(16)17/h1-2,6,10,14-15H,3-5,7-9,11-13H2,(H,19,24)/t15-/m1/s1. The van der Waals surface area contributed by atoms with Gasteiger partial charge in [-0.2, -0.15) is 0 Å². The second kappa shape index (κ2) is 7.39. The quantitative estimate of drug-likeness (QED) is 0.784. The van der Waals surface area contributed by atoms with Crippen LogP contribution in [0, 0.1) is 5.92 Å². The zero-order chi connectivity index (χ0) is 17.1. The summed E-state index contributed by atoms with van der Waals surface area (Å²) in [6.07, 6.45) is 7.34. The number of ether oxygens (including phenoxy) is 1. The van der Waals surface area contributed by atoms with E-state index < -0.39 is 0 Å². The number of rotatable bonds is 7. The summed E-state index contributed by atoms with van der Waals surface area (Å²) in [7, 11) is 0.